The van der Waals surface area contributed by atoms with Crippen LogP contribution in [0.2, 0.25) is 0 Å². The van der Waals surface area contributed by atoms with Crippen molar-refractivity contribution in [3.8, 4) is 28.6 Å². The molecular formula is C26H26N10O3. The molecule has 198 valence electrons. The van der Waals surface area contributed by atoms with E-state index in [1.54, 1.807) is 27.8 Å². The first kappa shape index (κ1) is 24.4. The quantitative estimate of drug-likeness (QED) is 0.419. The minimum Gasteiger partial charge on any atom is -0.465 e. The van der Waals surface area contributed by atoms with E-state index < -0.39 is 6.09 Å². The van der Waals surface area contributed by atoms with Crippen LogP contribution in [0.25, 0.3) is 28.0 Å². The van der Waals surface area contributed by atoms with Gasteiger partial charge in [0.2, 0.25) is 5.91 Å². The van der Waals surface area contributed by atoms with Gasteiger partial charge in [0.1, 0.15) is 23.0 Å². The van der Waals surface area contributed by atoms with Gasteiger partial charge in [0.25, 0.3) is 0 Å². The molecule has 4 aromatic rings. The molecule has 39 heavy (non-hydrogen) atoms. The summed E-state index contributed by atoms with van der Waals surface area (Å²) in [6, 6.07) is 6.05. The molecule has 6 heterocycles. The van der Waals surface area contributed by atoms with Gasteiger partial charge >= 0.3 is 6.09 Å². The molecule has 0 bridgehead atoms. The Morgan fingerprint density at radius 3 is 2.46 bits per heavy atom. The van der Waals surface area contributed by atoms with E-state index >= 15 is 0 Å². The number of rotatable bonds is 4. The highest BCUT2D eigenvalue weighted by Crippen LogP contribution is 2.29. The van der Waals surface area contributed by atoms with Gasteiger partial charge in [-0.2, -0.15) is 15.5 Å². The molecule has 13 heteroatoms. The van der Waals surface area contributed by atoms with Crippen molar-refractivity contribution in [2.45, 2.75) is 6.42 Å². The number of piperazine rings is 1. The summed E-state index contributed by atoms with van der Waals surface area (Å²) in [6.07, 6.45) is 8.25. The molecule has 2 amide bonds. The predicted molar refractivity (Wildman–Crippen MR) is 140 cm³/mol. The minimum atomic E-state index is -0.971. The zero-order valence-electron chi connectivity index (χ0n) is 21.3. The number of aryl methyl sites for hydroxylation is 1. The van der Waals surface area contributed by atoms with Crippen LogP contribution in [0.15, 0.2) is 43.1 Å². The summed E-state index contributed by atoms with van der Waals surface area (Å²) in [7, 11) is 1.84. The van der Waals surface area contributed by atoms with E-state index in [0.717, 1.165) is 16.9 Å². The summed E-state index contributed by atoms with van der Waals surface area (Å²) in [6.45, 7) is 3.06. The number of anilines is 1. The molecule has 0 saturated carbocycles. The number of carbonyl (C=O) groups is 2. The molecule has 2 saturated heterocycles. The van der Waals surface area contributed by atoms with Crippen LogP contribution in [-0.4, -0.2) is 95.5 Å². The van der Waals surface area contributed by atoms with Crippen molar-refractivity contribution in [1.82, 2.24) is 39.2 Å². The van der Waals surface area contributed by atoms with Gasteiger partial charge in [-0.25, -0.2) is 19.3 Å². The second kappa shape index (κ2) is 9.71. The second-order valence-electron chi connectivity index (χ2n) is 9.77. The van der Waals surface area contributed by atoms with Crippen molar-refractivity contribution in [3.63, 3.8) is 0 Å². The molecule has 0 unspecified atom stereocenters. The van der Waals surface area contributed by atoms with E-state index in [0.29, 0.717) is 61.6 Å². The molecule has 2 aliphatic rings. The molecule has 13 nitrogen and oxygen atoms in total. The Hall–Kier alpha value is -4.99. The van der Waals surface area contributed by atoms with Crippen LogP contribution in [0.1, 0.15) is 12.0 Å². The number of carboxylic acid groups (broad SMARTS) is 1. The standard InChI is InChI=1S/C26H26N10O3/c1-32-14-20(13-29-32)21-16-36-24(19(10-27)12-30-36)23(31-21)17-2-3-22(28-11-17)33-6-8-34(9-7-33)25(37)18-4-5-35(15-18)26(38)39/h2-3,11-14,16,18H,4-9,15H2,1H3,(H,38,39)/t18-/m0/s1. The van der Waals surface area contributed by atoms with Crippen molar-refractivity contribution < 1.29 is 14.7 Å². The van der Waals surface area contributed by atoms with Gasteiger partial charge in [0, 0.05) is 69.8 Å². The van der Waals surface area contributed by atoms with Crippen molar-refractivity contribution >= 4 is 23.3 Å². The summed E-state index contributed by atoms with van der Waals surface area (Å²) in [5.41, 5.74) is 3.90. The SMILES string of the molecule is Cn1cc(-c2cn3ncc(C#N)c3c(-c3ccc(N4CCN(C(=O)[C@H]5CCN(C(=O)O)C5)CC4)nc3)n2)cn1. The molecule has 4 aromatic heterocycles. The summed E-state index contributed by atoms with van der Waals surface area (Å²) in [5.74, 6) is 0.551. The summed E-state index contributed by atoms with van der Waals surface area (Å²) in [4.78, 5) is 38.9. The molecule has 2 aliphatic heterocycles. The Morgan fingerprint density at radius 2 is 1.82 bits per heavy atom. The first-order valence-electron chi connectivity index (χ1n) is 12.7. The van der Waals surface area contributed by atoms with Gasteiger partial charge in [0.15, 0.2) is 0 Å². The average Bonchev–Trinajstić information content (AvgIpc) is 3.72. The zero-order chi connectivity index (χ0) is 27.1. The highest BCUT2D eigenvalue weighted by Gasteiger charge is 2.34. The van der Waals surface area contributed by atoms with Gasteiger partial charge in [0.05, 0.1) is 35.9 Å². The third-order valence-corrected chi connectivity index (χ3v) is 7.36. The molecule has 6 rings (SSSR count). The number of pyridine rings is 1. The third kappa shape index (κ3) is 4.50. The maximum Gasteiger partial charge on any atom is 0.407 e. The van der Waals surface area contributed by atoms with Crippen LogP contribution in [0.5, 0.6) is 0 Å². The number of nitriles is 1. The fraction of sp³-hybridized carbons (Fsp3) is 0.346. The molecule has 2 fully saturated rings. The van der Waals surface area contributed by atoms with Gasteiger partial charge in [-0.05, 0) is 18.6 Å². The number of amides is 2. The number of fused-ring (bicyclic) bond motifs is 1. The van der Waals surface area contributed by atoms with Gasteiger partial charge in [-0.3, -0.25) is 9.48 Å². The normalized spacial score (nSPS) is 17.5. The van der Waals surface area contributed by atoms with Gasteiger partial charge in [-0.15, -0.1) is 0 Å². The Balaban J connectivity index is 1.20. The molecule has 0 aromatic carbocycles. The fourth-order valence-electron chi connectivity index (χ4n) is 5.25. The summed E-state index contributed by atoms with van der Waals surface area (Å²) in [5, 5.41) is 27.4. The largest absolute Gasteiger partial charge is 0.465 e. The number of likely N-dealkylation sites (tertiary alicyclic amines) is 1. The third-order valence-electron chi connectivity index (χ3n) is 7.36. The van der Waals surface area contributed by atoms with E-state index in [2.05, 4.69) is 21.2 Å². The summed E-state index contributed by atoms with van der Waals surface area (Å²) >= 11 is 0. The van der Waals surface area contributed by atoms with E-state index in [1.807, 2.05) is 30.3 Å². The molecular weight excluding hydrogens is 500 g/mol. The number of hydrogen-bond acceptors (Lipinski definition) is 8. The maximum absolute atomic E-state index is 12.9. The Kier molecular flexibility index (Phi) is 6.07. The molecule has 0 aliphatic carbocycles. The number of aromatic nitrogens is 6. The Bertz CT molecular complexity index is 1590. The number of carbonyl (C=O) groups excluding carboxylic acids is 1. The second-order valence-corrected chi connectivity index (χ2v) is 9.77. The summed E-state index contributed by atoms with van der Waals surface area (Å²) < 4.78 is 3.36. The molecule has 0 radical (unpaired) electrons. The van der Waals surface area contributed by atoms with Crippen LogP contribution in [-0.2, 0) is 11.8 Å². The lowest BCUT2D eigenvalue weighted by Crippen LogP contribution is -2.51. The Labute approximate surface area is 223 Å². The van der Waals surface area contributed by atoms with Crippen molar-refractivity contribution in [1.29, 1.82) is 5.26 Å². The van der Waals surface area contributed by atoms with Crippen LogP contribution in [0, 0.1) is 17.2 Å². The first-order valence-corrected chi connectivity index (χ1v) is 12.7. The van der Waals surface area contributed by atoms with Crippen LogP contribution >= 0.6 is 0 Å². The number of hydrogen-bond donors (Lipinski definition) is 1. The first-order chi connectivity index (χ1) is 18.9. The van der Waals surface area contributed by atoms with Crippen LogP contribution in [0.3, 0.4) is 0 Å². The molecule has 1 N–H and O–H groups in total. The lowest BCUT2D eigenvalue weighted by Gasteiger charge is -2.36. The highest BCUT2D eigenvalue weighted by molar-refractivity contribution is 5.83. The van der Waals surface area contributed by atoms with Crippen LogP contribution < -0.4 is 4.90 Å². The highest BCUT2D eigenvalue weighted by atomic mass is 16.4. The lowest BCUT2D eigenvalue weighted by atomic mass is 10.1. The van der Waals surface area contributed by atoms with Gasteiger partial charge in [-0.1, -0.05) is 0 Å². The topological polar surface area (TPSA) is 149 Å². The monoisotopic (exact) mass is 526 g/mol. The molecule has 1 atom stereocenters. The van der Waals surface area contributed by atoms with Crippen LogP contribution in [0.4, 0.5) is 10.6 Å². The van der Waals surface area contributed by atoms with Crippen molar-refractivity contribution in [3.05, 3.63) is 48.7 Å². The van der Waals surface area contributed by atoms with E-state index in [-0.39, 0.29) is 18.4 Å². The van der Waals surface area contributed by atoms with Gasteiger partial charge < -0.3 is 19.8 Å². The maximum atomic E-state index is 12.9. The van der Waals surface area contributed by atoms with Crippen molar-refractivity contribution in [2.75, 3.05) is 44.2 Å². The van der Waals surface area contributed by atoms with E-state index in [9.17, 15) is 20.0 Å². The van der Waals surface area contributed by atoms with E-state index in [4.69, 9.17) is 9.97 Å². The zero-order valence-corrected chi connectivity index (χ0v) is 21.3. The smallest absolute Gasteiger partial charge is 0.407 e. The fourth-order valence-corrected chi connectivity index (χ4v) is 5.25. The van der Waals surface area contributed by atoms with Crippen molar-refractivity contribution in [2.24, 2.45) is 13.0 Å². The lowest BCUT2D eigenvalue weighted by molar-refractivity contribution is -0.135. The minimum absolute atomic E-state index is 0.0272. The average molecular weight is 527 g/mol. The molecule has 0 spiro atoms. The predicted octanol–water partition coefficient (Wildman–Crippen LogP) is 1.71. The Morgan fingerprint density at radius 1 is 1.00 bits per heavy atom. The number of nitrogens with zero attached hydrogens (tertiary/aromatic N) is 10. The van der Waals surface area contributed by atoms with E-state index in [1.165, 1.54) is 11.1 Å².